The van der Waals surface area contributed by atoms with Crippen molar-refractivity contribution in [2.45, 2.75) is 25.4 Å². The van der Waals surface area contributed by atoms with Crippen molar-refractivity contribution >= 4 is 23.2 Å². The van der Waals surface area contributed by atoms with Gasteiger partial charge in [-0.25, -0.2) is 0 Å². The van der Waals surface area contributed by atoms with E-state index in [2.05, 4.69) is 5.32 Å². The highest BCUT2D eigenvalue weighted by Gasteiger charge is 2.36. The summed E-state index contributed by atoms with van der Waals surface area (Å²) in [4.78, 5) is 27.5. The molecule has 3 N–H and O–H groups in total. The molecule has 32 heavy (non-hydrogen) atoms. The number of aliphatic hydroxyl groups excluding tert-OH is 1. The molecule has 1 unspecified atom stereocenters. The molecule has 4 rings (SSSR count). The molecule has 0 bridgehead atoms. The number of rotatable bonds is 4. The van der Waals surface area contributed by atoms with E-state index in [-0.39, 0.29) is 11.8 Å². The third kappa shape index (κ3) is 4.15. The molecule has 1 aliphatic heterocycles. The van der Waals surface area contributed by atoms with Crippen molar-refractivity contribution in [1.29, 1.82) is 0 Å². The van der Waals surface area contributed by atoms with E-state index in [0.717, 1.165) is 5.56 Å². The minimum absolute atomic E-state index is 0.198. The Morgan fingerprint density at radius 3 is 2.41 bits per heavy atom. The minimum atomic E-state index is -1.37. The molecule has 0 saturated carbocycles. The van der Waals surface area contributed by atoms with Crippen LogP contribution in [0.25, 0.3) is 0 Å². The van der Waals surface area contributed by atoms with Gasteiger partial charge in [-0.2, -0.15) is 0 Å². The monoisotopic (exact) mass is 430 g/mol. The first-order chi connectivity index (χ1) is 15.4. The Morgan fingerprint density at radius 1 is 1.00 bits per heavy atom. The number of carbonyl (C=O) groups excluding carboxylic acids is 2. The third-order valence-electron chi connectivity index (χ3n) is 5.95. The van der Waals surface area contributed by atoms with Crippen molar-refractivity contribution < 1.29 is 19.8 Å². The average Bonchev–Trinajstić information content (AvgIpc) is 2.96. The second kappa shape index (κ2) is 8.94. The zero-order chi connectivity index (χ0) is 22.7. The summed E-state index contributed by atoms with van der Waals surface area (Å²) in [5.41, 5.74) is 2.35. The Balaban J connectivity index is 1.56. The standard InChI is InChI=1S/C26H26N2O4/c1-18-7-2-3-8-21(18)24(30)27-20-13-11-19(12-14-20)25(31)28-16-6-15-26(32,17-29)22-9-4-5-10-23(22)28/h2-5,7-14,29,32H,6,15-17H2,1H3,(H,27,30). The van der Waals surface area contributed by atoms with E-state index < -0.39 is 12.2 Å². The van der Waals surface area contributed by atoms with Gasteiger partial charge in [0.05, 0.1) is 12.3 Å². The molecule has 1 aliphatic rings. The number of nitrogens with one attached hydrogen (secondary N) is 1. The highest BCUT2D eigenvalue weighted by atomic mass is 16.3. The van der Waals surface area contributed by atoms with Crippen LogP contribution in [-0.2, 0) is 5.60 Å². The lowest BCUT2D eigenvalue weighted by Crippen LogP contribution is -2.33. The number of aliphatic hydroxyl groups is 2. The van der Waals surface area contributed by atoms with Crippen LogP contribution < -0.4 is 10.2 Å². The van der Waals surface area contributed by atoms with Crippen LogP contribution in [0.3, 0.4) is 0 Å². The largest absolute Gasteiger partial charge is 0.393 e. The van der Waals surface area contributed by atoms with Crippen LogP contribution in [0, 0.1) is 6.92 Å². The first-order valence-corrected chi connectivity index (χ1v) is 10.6. The molecule has 0 aliphatic carbocycles. The molecule has 3 aromatic carbocycles. The number of amides is 2. The first-order valence-electron chi connectivity index (χ1n) is 10.6. The summed E-state index contributed by atoms with van der Waals surface area (Å²) in [6.45, 7) is 1.92. The van der Waals surface area contributed by atoms with E-state index in [4.69, 9.17) is 0 Å². The van der Waals surface area contributed by atoms with Crippen LogP contribution in [0.15, 0.2) is 72.8 Å². The van der Waals surface area contributed by atoms with Gasteiger partial charge < -0.3 is 20.4 Å². The second-order valence-electron chi connectivity index (χ2n) is 8.11. The minimum Gasteiger partial charge on any atom is -0.393 e. The number of nitrogens with zero attached hydrogens (tertiary/aromatic N) is 1. The molecule has 2 amide bonds. The van der Waals surface area contributed by atoms with Crippen LogP contribution in [0.4, 0.5) is 11.4 Å². The Hall–Kier alpha value is -3.48. The molecular weight excluding hydrogens is 404 g/mol. The Labute approximate surface area is 187 Å². The summed E-state index contributed by atoms with van der Waals surface area (Å²) >= 11 is 0. The van der Waals surface area contributed by atoms with Gasteiger partial charge in [-0.1, -0.05) is 36.4 Å². The van der Waals surface area contributed by atoms with Gasteiger partial charge >= 0.3 is 0 Å². The van der Waals surface area contributed by atoms with Crippen LogP contribution in [0.5, 0.6) is 0 Å². The number of aryl methyl sites for hydroxylation is 1. The zero-order valence-corrected chi connectivity index (χ0v) is 17.9. The predicted molar refractivity (Wildman–Crippen MR) is 124 cm³/mol. The summed E-state index contributed by atoms with van der Waals surface area (Å²) in [5.74, 6) is -0.400. The third-order valence-corrected chi connectivity index (χ3v) is 5.95. The molecule has 3 aromatic rings. The maximum atomic E-state index is 13.3. The predicted octanol–water partition coefficient (Wildman–Crippen LogP) is 3.87. The normalized spacial score (nSPS) is 17.9. The van der Waals surface area contributed by atoms with E-state index in [9.17, 15) is 19.8 Å². The summed E-state index contributed by atoms with van der Waals surface area (Å²) in [5, 5.41) is 23.5. The van der Waals surface area contributed by atoms with Crippen molar-refractivity contribution in [3.8, 4) is 0 Å². The fourth-order valence-corrected chi connectivity index (χ4v) is 4.14. The second-order valence-corrected chi connectivity index (χ2v) is 8.11. The van der Waals surface area contributed by atoms with Crippen LogP contribution in [0.2, 0.25) is 0 Å². The molecule has 0 spiro atoms. The molecule has 1 heterocycles. The highest BCUT2D eigenvalue weighted by molar-refractivity contribution is 6.08. The number of hydrogen-bond donors (Lipinski definition) is 3. The number of carbonyl (C=O) groups is 2. The number of anilines is 2. The Morgan fingerprint density at radius 2 is 1.69 bits per heavy atom. The lowest BCUT2D eigenvalue weighted by atomic mass is 9.90. The lowest BCUT2D eigenvalue weighted by Gasteiger charge is -2.28. The number of para-hydroxylation sites is 1. The smallest absolute Gasteiger partial charge is 0.258 e. The highest BCUT2D eigenvalue weighted by Crippen LogP contribution is 2.37. The van der Waals surface area contributed by atoms with Gasteiger partial charge in [-0.15, -0.1) is 0 Å². The van der Waals surface area contributed by atoms with Crippen molar-refractivity contribution in [2.24, 2.45) is 0 Å². The van der Waals surface area contributed by atoms with Gasteiger partial charge in [0.2, 0.25) is 0 Å². The van der Waals surface area contributed by atoms with Gasteiger partial charge in [-0.05, 0) is 61.7 Å². The zero-order valence-electron chi connectivity index (χ0n) is 17.9. The molecule has 0 radical (unpaired) electrons. The number of benzene rings is 3. The molecule has 0 fully saturated rings. The Kier molecular flexibility index (Phi) is 6.08. The molecule has 6 nitrogen and oxygen atoms in total. The van der Waals surface area contributed by atoms with Crippen molar-refractivity contribution in [3.63, 3.8) is 0 Å². The molecule has 0 saturated heterocycles. The van der Waals surface area contributed by atoms with E-state index in [1.807, 2.05) is 31.2 Å². The molecule has 6 heteroatoms. The number of fused-ring (bicyclic) bond motifs is 1. The fraction of sp³-hybridized carbons (Fsp3) is 0.231. The van der Waals surface area contributed by atoms with Crippen molar-refractivity contribution in [3.05, 3.63) is 95.1 Å². The quantitative estimate of drug-likeness (QED) is 0.586. The van der Waals surface area contributed by atoms with E-state index in [0.29, 0.717) is 47.5 Å². The van der Waals surface area contributed by atoms with Crippen molar-refractivity contribution in [1.82, 2.24) is 0 Å². The summed E-state index contributed by atoms with van der Waals surface area (Å²) in [6.07, 6.45) is 0.927. The maximum Gasteiger partial charge on any atom is 0.258 e. The first kappa shape index (κ1) is 21.7. The maximum absolute atomic E-state index is 13.3. The van der Waals surface area contributed by atoms with Gasteiger partial charge in [0.25, 0.3) is 11.8 Å². The van der Waals surface area contributed by atoms with Crippen LogP contribution in [-0.4, -0.2) is 35.2 Å². The van der Waals surface area contributed by atoms with E-state index in [1.54, 1.807) is 53.4 Å². The molecular formula is C26H26N2O4. The molecule has 1 atom stereocenters. The van der Waals surface area contributed by atoms with Crippen molar-refractivity contribution in [2.75, 3.05) is 23.4 Å². The van der Waals surface area contributed by atoms with E-state index >= 15 is 0 Å². The lowest BCUT2D eigenvalue weighted by molar-refractivity contribution is -0.0251. The summed E-state index contributed by atoms with van der Waals surface area (Å²) in [6, 6.07) is 21.3. The number of hydrogen-bond acceptors (Lipinski definition) is 4. The van der Waals surface area contributed by atoms with Crippen LogP contribution in [0.1, 0.15) is 44.7 Å². The van der Waals surface area contributed by atoms with Crippen LogP contribution >= 0.6 is 0 Å². The summed E-state index contributed by atoms with van der Waals surface area (Å²) < 4.78 is 0. The molecule has 0 aromatic heterocycles. The average molecular weight is 431 g/mol. The molecule has 164 valence electrons. The summed E-state index contributed by atoms with van der Waals surface area (Å²) in [7, 11) is 0. The fourth-order valence-electron chi connectivity index (χ4n) is 4.14. The van der Waals surface area contributed by atoms with Gasteiger partial charge in [0.15, 0.2) is 0 Å². The van der Waals surface area contributed by atoms with E-state index in [1.165, 1.54) is 0 Å². The topological polar surface area (TPSA) is 89.9 Å². The van der Waals surface area contributed by atoms with Gasteiger partial charge in [-0.3, -0.25) is 9.59 Å². The van der Waals surface area contributed by atoms with Gasteiger partial charge in [0, 0.05) is 28.9 Å². The van der Waals surface area contributed by atoms with Gasteiger partial charge in [0.1, 0.15) is 5.60 Å². The Bertz CT molecular complexity index is 1140. The SMILES string of the molecule is Cc1ccccc1C(=O)Nc1ccc(C(=O)N2CCCC(O)(CO)c3ccccc32)cc1.